The van der Waals surface area contributed by atoms with Crippen molar-refractivity contribution in [3.63, 3.8) is 0 Å². The second-order valence-corrected chi connectivity index (χ2v) is 5.58. The lowest BCUT2D eigenvalue weighted by atomic mass is 10.4. The molecule has 0 spiro atoms. The van der Waals surface area contributed by atoms with Crippen LogP contribution >= 0.6 is 11.8 Å². The predicted octanol–water partition coefficient (Wildman–Crippen LogP) is 0.798. The highest BCUT2D eigenvalue weighted by Gasteiger charge is 2.11. The molecular weight excluding hydrogens is 238 g/mol. The van der Waals surface area contributed by atoms with Gasteiger partial charge in [0.2, 0.25) is 5.16 Å². The molecule has 0 aliphatic carbocycles. The first kappa shape index (κ1) is 14.4. The molecule has 17 heavy (non-hydrogen) atoms. The summed E-state index contributed by atoms with van der Waals surface area (Å²) in [5.41, 5.74) is 0. The number of nitrogens with zero attached hydrogens (tertiary/aromatic N) is 4. The van der Waals surface area contributed by atoms with Crippen molar-refractivity contribution in [2.75, 3.05) is 20.3 Å². The van der Waals surface area contributed by atoms with Crippen LogP contribution in [0.4, 0.5) is 0 Å². The Balaban J connectivity index is 2.42. The number of ether oxygens (including phenoxy) is 1. The highest BCUT2D eigenvalue weighted by Crippen LogP contribution is 2.19. The Morgan fingerprint density at radius 1 is 1.41 bits per heavy atom. The first-order chi connectivity index (χ1) is 8.13. The summed E-state index contributed by atoms with van der Waals surface area (Å²) in [6.07, 6.45) is 0. The second kappa shape index (κ2) is 7.62. The van der Waals surface area contributed by atoms with Gasteiger partial charge in [0.25, 0.3) is 0 Å². The van der Waals surface area contributed by atoms with E-state index in [1.54, 1.807) is 18.9 Å². The molecule has 0 fully saturated rings. The molecule has 0 aliphatic rings. The molecule has 0 radical (unpaired) electrons. The smallest absolute Gasteiger partial charge is 0.209 e. The topological polar surface area (TPSA) is 64.9 Å². The first-order valence-corrected chi connectivity index (χ1v) is 6.66. The minimum Gasteiger partial charge on any atom is -0.384 e. The Hall–Kier alpha value is -0.660. The van der Waals surface area contributed by atoms with E-state index in [2.05, 4.69) is 41.6 Å². The molecule has 1 heterocycles. The number of rotatable bonds is 8. The largest absolute Gasteiger partial charge is 0.384 e. The fourth-order valence-corrected chi connectivity index (χ4v) is 2.23. The minimum absolute atomic E-state index is 0.350. The lowest BCUT2D eigenvalue weighted by Crippen LogP contribution is -2.27. The van der Waals surface area contributed by atoms with Gasteiger partial charge in [-0.15, -0.1) is 5.10 Å². The SMILES string of the molecule is COCC(C)Sc1nnnn1CCNC(C)C. The van der Waals surface area contributed by atoms with E-state index < -0.39 is 0 Å². The molecule has 1 unspecified atom stereocenters. The van der Waals surface area contributed by atoms with Gasteiger partial charge >= 0.3 is 0 Å². The first-order valence-electron chi connectivity index (χ1n) is 5.78. The standard InChI is InChI=1S/C10H21N5OS/c1-8(2)11-5-6-15-10(12-13-14-15)17-9(3)7-16-4/h8-9,11H,5-7H2,1-4H3. The van der Waals surface area contributed by atoms with Crippen molar-refractivity contribution in [3.05, 3.63) is 0 Å². The van der Waals surface area contributed by atoms with Crippen LogP contribution in [0.2, 0.25) is 0 Å². The van der Waals surface area contributed by atoms with Crippen LogP contribution in [0.5, 0.6) is 0 Å². The van der Waals surface area contributed by atoms with E-state index >= 15 is 0 Å². The quantitative estimate of drug-likeness (QED) is 0.697. The molecule has 1 N–H and O–H groups in total. The van der Waals surface area contributed by atoms with Crippen LogP contribution in [0.3, 0.4) is 0 Å². The third-order valence-electron chi connectivity index (χ3n) is 2.08. The Morgan fingerprint density at radius 3 is 2.82 bits per heavy atom. The number of thioether (sulfide) groups is 1. The molecule has 0 amide bonds. The van der Waals surface area contributed by atoms with E-state index in [1.807, 2.05) is 4.68 Å². The van der Waals surface area contributed by atoms with E-state index in [1.165, 1.54) is 0 Å². The highest BCUT2D eigenvalue weighted by atomic mass is 32.2. The number of hydrogen-bond acceptors (Lipinski definition) is 6. The van der Waals surface area contributed by atoms with Crippen molar-refractivity contribution in [1.82, 2.24) is 25.5 Å². The van der Waals surface area contributed by atoms with E-state index in [0.717, 1.165) is 18.2 Å². The number of tetrazole rings is 1. The minimum atomic E-state index is 0.350. The van der Waals surface area contributed by atoms with Gasteiger partial charge in [-0.25, -0.2) is 4.68 Å². The Bertz CT molecular complexity index is 317. The summed E-state index contributed by atoms with van der Waals surface area (Å²) >= 11 is 1.63. The number of aromatic nitrogens is 4. The van der Waals surface area contributed by atoms with Gasteiger partial charge in [0, 0.05) is 24.9 Å². The van der Waals surface area contributed by atoms with Crippen LogP contribution in [0.25, 0.3) is 0 Å². The molecule has 1 rings (SSSR count). The van der Waals surface area contributed by atoms with Crippen LogP contribution < -0.4 is 5.32 Å². The van der Waals surface area contributed by atoms with Crippen LogP contribution in [-0.2, 0) is 11.3 Å². The van der Waals surface area contributed by atoms with E-state index in [4.69, 9.17) is 4.74 Å². The van der Waals surface area contributed by atoms with Crippen LogP contribution in [0, 0.1) is 0 Å². The summed E-state index contributed by atoms with van der Waals surface area (Å²) in [6, 6.07) is 0.481. The fourth-order valence-electron chi connectivity index (χ4n) is 1.33. The summed E-state index contributed by atoms with van der Waals surface area (Å²) in [6.45, 7) is 8.69. The molecule has 1 aromatic rings. The molecule has 1 aromatic heterocycles. The summed E-state index contributed by atoms with van der Waals surface area (Å²) in [5.74, 6) is 0. The van der Waals surface area contributed by atoms with Gasteiger partial charge in [0.1, 0.15) is 0 Å². The van der Waals surface area contributed by atoms with Crippen molar-refractivity contribution < 1.29 is 4.74 Å². The third-order valence-corrected chi connectivity index (χ3v) is 3.12. The lowest BCUT2D eigenvalue weighted by molar-refractivity contribution is 0.203. The molecule has 98 valence electrons. The van der Waals surface area contributed by atoms with Gasteiger partial charge in [-0.2, -0.15) is 0 Å². The molecule has 7 heteroatoms. The highest BCUT2D eigenvalue weighted by molar-refractivity contribution is 7.99. The molecule has 0 saturated heterocycles. The summed E-state index contributed by atoms with van der Waals surface area (Å²) in [5, 5.41) is 16.2. The van der Waals surface area contributed by atoms with Crippen molar-refractivity contribution in [2.45, 2.75) is 43.8 Å². The zero-order valence-corrected chi connectivity index (χ0v) is 11.7. The second-order valence-electron chi connectivity index (χ2n) is 4.18. The molecule has 0 saturated carbocycles. The van der Waals surface area contributed by atoms with Crippen molar-refractivity contribution >= 4 is 11.8 Å². The van der Waals surface area contributed by atoms with Crippen LogP contribution in [-0.4, -0.2) is 51.8 Å². The maximum Gasteiger partial charge on any atom is 0.209 e. The van der Waals surface area contributed by atoms with Gasteiger partial charge in [-0.05, 0) is 10.4 Å². The maximum absolute atomic E-state index is 5.09. The maximum atomic E-state index is 5.09. The normalized spacial score (nSPS) is 13.2. The van der Waals surface area contributed by atoms with Crippen molar-refractivity contribution in [1.29, 1.82) is 0 Å². The average Bonchev–Trinajstić information content (AvgIpc) is 2.65. The van der Waals surface area contributed by atoms with E-state index in [9.17, 15) is 0 Å². The molecular formula is C10H21N5OS. The van der Waals surface area contributed by atoms with Gasteiger partial charge < -0.3 is 10.1 Å². The zero-order valence-electron chi connectivity index (χ0n) is 10.9. The number of methoxy groups -OCH3 is 1. The monoisotopic (exact) mass is 259 g/mol. The third kappa shape index (κ3) is 5.47. The Labute approximate surface area is 106 Å². The predicted molar refractivity (Wildman–Crippen MR) is 68.2 cm³/mol. The van der Waals surface area contributed by atoms with Crippen LogP contribution in [0.1, 0.15) is 20.8 Å². The molecule has 0 aromatic carbocycles. The molecule has 1 atom stereocenters. The molecule has 0 bridgehead atoms. The van der Waals surface area contributed by atoms with Gasteiger partial charge in [0.05, 0.1) is 13.2 Å². The molecule has 6 nitrogen and oxygen atoms in total. The Morgan fingerprint density at radius 2 is 2.18 bits per heavy atom. The average molecular weight is 259 g/mol. The fraction of sp³-hybridized carbons (Fsp3) is 0.900. The van der Waals surface area contributed by atoms with Gasteiger partial charge in [-0.3, -0.25) is 0 Å². The van der Waals surface area contributed by atoms with E-state index in [0.29, 0.717) is 17.9 Å². The van der Waals surface area contributed by atoms with Crippen molar-refractivity contribution in [3.8, 4) is 0 Å². The molecule has 0 aliphatic heterocycles. The number of nitrogens with one attached hydrogen (secondary N) is 1. The summed E-state index contributed by atoms with van der Waals surface area (Å²) in [4.78, 5) is 0. The van der Waals surface area contributed by atoms with Crippen molar-refractivity contribution in [2.24, 2.45) is 0 Å². The summed E-state index contributed by atoms with van der Waals surface area (Å²) < 4.78 is 6.92. The summed E-state index contributed by atoms with van der Waals surface area (Å²) in [7, 11) is 1.70. The van der Waals surface area contributed by atoms with Gasteiger partial charge in [0.15, 0.2) is 0 Å². The van der Waals surface area contributed by atoms with Gasteiger partial charge in [-0.1, -0.05) is 32.5 Å². The Kier molecular flexibility index (Phi) is 6.46. The van der Waals surface area contributed by atoms with E-state index in [-0.39, 0.29) is 0 Å². The zero-order chi connectivity index (χ0) is 12.7. The van der Waals surface area contributed by atoms with Crippen LogP contribution in [0.15, 0.2) is 5.16 Å². The lowest BCUT2D eigenvalue weighted by Gasteiger charge is -2.11. The number of hydrogen-bond donors (Lipinski definition) is 1.